The van der Waals surface area contributed by atoms with E-state index < -0.39 is 0 Å². The fraction of sp³-hybridized carbons (Fsp3) is 0.250. The Morgan fingerprint density at radius 1 is 1.15 bits per heavy atom. The van der Waals surface area contributed by atoms with Gasteiger partial charge in [0.25, 0.3) is 0 Å². The predicted octanol–water partition coefficient (Wildman–Crippen LogP) is 5.16. The number of hydrogen-bond acceptors (Lipinski definition) is 1. The standard InChI is InChI=1S/C16H16Br2FN/c1-10-7-13(19)5-3-11(10)8-16(20-2)14-9-12(17)4-6-15(14)18/h3-7,9,16,20H,8H2,1-2H3. The highest BCUT2D eigenvalue weighted by atomic mass is 79.9. The first-order valence-electron chi connectivity index (χ1n) is 6.38. The average molecular weight is 401 g/mol. The molecular formula is C16H16Br2FN. The predicted molar refractivity (Wildman–Crippen MR) is 88.5 cm³/mol. The molecule has 0 fully saturated rings. The Kier molecular flexibility index (Phi) is 5.35. The first-order chi connectivity index (χ1) is 9.51. The van der Waals surface area contributed by atoms with Crippen molar-refractivity contribution in [3.05, 3.63) is 67.9 Å². The molecule has 0 spiro atoms. The molecule has 1 N–H and O–H groups in total. The first kappa shape index (κ1) is 15.7. The van der Waals surface area contributed by atoms with E-state index in [4.69, 9.17) is 0 Å². The van der Waals surface area contributed by atoms with Crippen molar-refractivity contribution >= 4 is 31.9 Å². The average Bonchev–Trinajstić information content (AvgIpc) is 2.41. The van der Waals surface area contributed by atoms with Gasteiger partial charge in [0.15, 0.2) is 0 Å². The van der Waals surface area contributed by atoms with Gasteiger partial charge in [-0.15, -0.1) is 0 Å². The number of likely N-dealkylation sites (N-methyl/N-ethyl adjacent to an activating group) is 1. The van der Waals surface area contributed by atoms with E-state index in [1.54, 1.807) is 6.07 Å². The molecule has 1 unspecified atom stereocenters. The summed E-state index contributed by atoms with van der Waals surface area (Å²) < 4.78 is 15.3. The van der Waals surface area contributed by atoms with Crippen molar-refractivity contribution in [2.75, 3.05) is 7.05 Å². The molecule has 2 rings (SSSR count). The highest BCUT2D eigenvalue weighted by Gasteiger charge is 2.15. The van der Waals surface area contributed by atoms with Crippen LogP contribution in [0.15, 0.2) is 45.3 Å². The smallest absolute Gasteiger partial charge is 0.123 e. The summed E-state index contributed by atoms with van der Waals surface area (Å²) in [7, 11) is 1.94. The molecule has 0 saturated carbocycles. The second-order valence-electron chi connectivity index (χ2n) is 4.78. The second kappa shape index (κ2) is 6.83. The quantitative estimate of drug-likeness (QED) is 0.747. The maximum Gasteiger partial charge on any atom is 0.123 e. The maximum absolute atomic E-state index is 13.2. The van der Waals surface area contributed by atoms with Crippen LogP contribution in [0, 0.1) is 12.7 Å². The largest absolute Gasteiger partial charge is 0.313 e. The van der Waals surface area contributed by atoms with Crippen LogP contribution in [0.4, 0.5) is 4.39 Å². The summed E-state index contributed by atoms with van der Waals surface area (Å²) in [6.45, 7) is 1.95. The van der Waals surface area contributed by atoms with Gasteiger partial charge in [-0.1, -0.05) is 37.9 Å². The van der Waals surface area contributed by atoms with Gasteiger partial charge in [-0.05, 0) is 67.4 Å². The lowest BCUT2D eigenvalue weighted by Crippen LogP contribution is -2.19. The van der Waals surface area contributed by atoms with E-state index in [1.165, 1.54) is 11.6 Å². The number of halogens is 3. The lowest BCUT2D eigenvalue weighted by Gasteiger charge is -2.20. The zero-order valence-electron chi connectivity index (χ0n) is 11.4. The van der Waals surface area contributed by atoms with E-state index in [1.807, 2.05) is 32.2 Å². The first-order valence-corrected chi connectivity index (χ1v) is 7.97. The van der Waals surface area contributed by atoms with E-state index in [2.05, 4.69) is 43.2 Å². The molecule has 0 amide bonds. The zero-order chi connectivity index (χ0) is 14.7. The van der Waals surface area contributed by atoms with Gasteiger partial charge in [0, 0.05) is 15.0 Å². The monoisotopic (exact) mass is 399 g/mol. The normalized spacial score (nSPS) is 12.4. The van der Waals surface area contributed by atoms with Crippen LogP contribution in [-0.4, -0.2) is 7.05 Å². The van der Waals surface area contributed by atoms with Gasteiger partial charge in [-0.3, -0.25) is 0 Å². The lowest BCUT2D eigenvalue weighted by atomic mass is 9.96. The highest BCUT2D eigenvalue weighted by molar-refractivity contribution is 9.11. The van der Waals surface area contributed by atoms with Crippen LogP contribution in [-0.2, 0) is 6.42 Å². The van der Waals surface area contributed by atoms with Crippen LogP contribution in [0.1, 0.15) is 22.7 Å². The third kappa shape index (κ3) is 3.68. The van der Waals surface area contributed by atoms with Gasteiger partial charge in [-0.25, -0.2) is 4.39 Å². The molecule has 1 atom stereocenters. The number of benzene rings is 2. The van der Waals surface area contributed by atoms with Crippen LogP contribution < -0.4 is 5.32 Å². The SMILES string of the molecule is CNC(Cc1ccc(F)cc1C)c1cc(Br)ccc1Br. The van der Waals surface area contributed by atoms with Crippen molar-refractivity contribution in [1.82, 2.24) is 5.32 Å². The summed E-state index contributed by atoms with van der Waals surface area (Å²) in [5.41, 5.74) is 3.32. The van der Waals surface area contributed by atoms with Crippen LogP contribution in [0.2, 0.25) is 0 Å². The topological polar surface area (TPSA) is 12.0 Å². The third-order valence-electron chi connectivity index (χ3n) is 3.41. The van der Waals surface area contributed by atoms with E-state index in [0.29, 0.717) is 0 Å². The minimum Gasteiger partial charge on any atom is -0.313 e. The van der Waals surface area contributed by atoms with Gasteiger partial charge < -0.3 is 5.32 Å². The summed E-state index contributed by atoms with van der Waals surface area (Å²) in [4.78, 5) is 0. The van der Waals surface area contributed by atoms with Crippen molar-refractivity contribution in [3.8, 4) is 0 Å². The Balaban J connectivity index is 2.31. The minimum absolute atomic E-state index is 0.172. The fourth-order valence-electron chi connectivity index (χ4n) is 2.26. The Labute approximate surface area is 135 Å². The number of rotatable bonds is 4. The molecule has 106 valence electrons. The molecule has 20 heavy (non-hydrogen) atoms. The van der Waals surface area contributed by atoms with Gasteiger partial charge >= 0.3 is 0 Å². The summed E-state index contributed by atoms with van der Waals surface area (Å²) in [5.74, 6) is -0.184. The Morgan fingerprint density at radius 3 is 2.55 bits per heavy atom. The zero-order valence-corrected chi connectivity index (χ0v) is 14.6. The van der Waals surface area contributed by atoms with Crippen LogP contribution >= 0.6 is 31.9 Å². The molecule has 0 heterocycles. The van der Waals surface area contributed by atoms with Crippen molar-refractivity contribution in [2.24, 2.45) is 0 Å². The Bertz CT molecular complexity index is 613. The third-order valence-corrected chi connectivity index (χ3v) is 4.63. The molecule has 4 heteroatoms. The molecule has 0 saturated heterocycles. The molecule has 0 bridgehead atoms. The summed E-state index contributed by atoms with van der Waals surface area (Å²) in [5, 5.41) is 3.33. The molecule has 0 aromatic heterocycles. The van der Waals surface area contributed by atoms with Gasteiger partial charge in [0.2, 0.25) is 0 Å². The van der Waals surface area contributed by atoms with E-state index in [-0.39, 0.29) is 11.9 Å². The molecular weight excluding hydrogens is 385 g/mol. The second-order valence-corrected chi connectivity index (χ2v) is 6.55. The van der Waals surface area contributed by atoms with Crippen molar-refractivity contribution in [2.45, 2.75) is 19.4 Å². The molecule has 0 aliphatic carbocycles. The van der Waals surface area contributed by atoms with Crippen molar-refractivity contribution in [3.63, 3.8) is 0 Å². The fourth-order valence-corrected chi connectivity index (χ4v) is 3.16. The van der Waals surface area contributed by atoms with Crippen LogP contribution in [0.25, 0.3) is 0 Å². The molecule has 1 nitrogen and oxygen atoms in total. The summed E-state index contributed by atoms with van der Waals surface area (Å²) in [6, 6.07) is 11.3. The van der Waals surface area contributed by atoms with Crippen LogP contribution in [0.5, 0.6) is 0 Å². The minimum atomic E-state index is -0.184. The van der Waals surface area contributed by atoms with E-state index in [0.717, 1.165) is 26.5 Å². The van der Waals surface area contributed by atoms with Gasteiger partial charge in [0.1, 0.15) is 5.82 Å². The molecule has 0 aliphatic rings. The molecule has 0 radical (unpaired) electrons. The molecule has 2 aromatic carbocycles. The van der Waals surface area contributed by atoms with Crippen LogP contribution in [0.3, 0.4) is 0 Å². The summed E-state index contributed by atoms with van der Waals surface area (Å²) in [6.07, 6.45) is 0.817. The molecule has 0 aliphatic heterocycles. The maximum atomic E-state index is 13.2. The number of nitrogens with one attached hydrogen (secondary N) is 1. The Hall–Kier alpha value is -0.710. The van der Waals surface area contributed by atoms with Gasteiger partial charge in [0.05, 0.1) is 0 Å². The van der Waals surface area contributed by atoms with Gasteiger partial charge in [-0.2, -0.15) is 0 Å². The number of aryl methyl sites for hydroxylation is 1. The van der Waals surface area contributed by atoms with Crippen molar-refractivity contribution < 1.29 is 4.39 Å². The van der Waals surface area contributed by atoms with E-state index in [9.17, 15) is 4.39 Å². The van der Waals surface area contributed by atoms with Crippen molar-refractivity contribution in [1.29, 1.82) is 0 Å². The molecule has 2 aromatic rings. The number of hydrogen-bond donors (Lipinski definition) is 1. The lowest BCUT2D eigenvalue weighted by molar-refractivity contribution is 0.584. The summed E-state index contributed by atoms with van der Waals surface area (Å²) >= 11 is 7.10. The highest BCUT2D eigenvalue weighted by Crippen LogP contribution is 2.29. The van der Waals surface area contributed by atoms with E-state index >= 15 is 0 Å². The Morgan fingerprint density at radius 2 is 1.90 bits per heavy atom.